The molecule has 2 heterocycles. The predicted molar refractivity (Wildman–Crippen MR) is 140 cm³/mol. The molecular formula is C27H33FN6O2. The van der Waals surface area contributed by atoms with Gasteiger partial charge in [-0.1, -0.05) is 0 Å². The van der Waals surface area contributed by atoms with Crippen LogP contribution in [0.2, 0.25) is 0 Å². The van der Waals surface area contributed by atoms with Gasteiger partial charge in [-0.05, 0) is 74.2 Å². The molecule has 1 fully saturated rings. The molecule has 0 spiro atoms. The Morgan fingerprint density at radius 3 is 2.39 bits per heavy atom. The van der Waals surface area contributed by atoms with Crippen molar-refractivity contribution in [3.05, 3.63) is 71.3 Å². The fraction of sp³-hybridized carbons (Fsp3) is 0.370. The summed E-state index contributed by atoms with van der Waals surface area (Å²) in [6.07, 6.45) is 4.36. The average Bonchev–Trinajstić information content (AvgIpc) is 2.88. The Labute approximate surface area is 211 Å². The monoisotopic (exact) mass is 492 g/mol. The third-order valence-electron chi connectivity index (χ3n) is 6.26. The van der Waals surface area contributed by atoms with Crippen molar-refractivity contribution in [2.75, 3.05) is 37.5 Å². The van der Waals surface area contributed by atoms with Gasteiger partial charge in [-0.15, -0.1) is 0 Å². The molecule has 2 aromatic carbocycles. The van der Waals surface area contributed by atoms with Gasteiger partial charge in [0.15, 0.2) is 11.6 Å². The Balaban J connectivity index is 1.37. The minimum atomic E-state index is -0.461. The molecule has 36 heavy (non-hydrogen) atoms. The number of aryl methyl sites for hydroxylation is 2. The van der Waals surface area contributed by atoms with Crippen LogP contribution in [0.25, 0.3) is 0 Å². The van der Waals surface area contributed by atoms with Gasteiger partial charge in [0.1, 0.15) is 0 Å². The number of methoxy groups -OCH3 is 1. The predicted octanol–water partition coefficient (Wildman–Crippen LogP) is 3.70. The fourth-order valence-corrected chi connectivity index (χ4v) is 4.51. The fourth-order valence-electron chi connectivity index (χ4n) is 4.51. The maximum absolute atomic E-state index is 14.7. The summed E-state index contributed by atoms with van der Waals surface area (Å²) < 4.78 is 19.8. The van der Waals surface area contributed by atoms with Crippen LogP contribution in [0.3, 0.4) is 0 Å². The summed E-state index contributed by atoms with van der Waals surface area (Å²) in [4.78, 5) is 23.2. The van der Waals surface area contributed by atoms with E-state index in [1.807, 2.05) is 12.1 Å². The van der Waals surface area contributed by atoms with Gasteiger partial charge in [-0.3, -0.25) is 4.79 Å². The van der Waals surface area contributed by atoms with E-state index in [1.165, 1.54) is 25.9 Å². The molecule has 2 atom stereocenters. The lowest BCUT2D eigenvalue weighted by molar-refractivity contribution is 0.0962. The topological polar surface area (TPSA) is 91.4 Å². The van der Waals surface area contributed by atoms with E-state index in [2.05, 4.69) is 56.8 Å². The lowest BCUT2D eigenvalue weighted by atomic mass is 10.0. The molecule has 3 aromatic rings. The summed E-state index contributed by atoms with van der Waals surface area (Å²) in [7, 11) is 2.92. The number of nitrogens with zero attached hydrogens (tertiary/aromatic N) is 3. The quantitative estimate of drug-likeness (QED) is 0.442. The van der Waals surface area contributed by atoms with E-state index in [9.17, 15) is 9.18 Å². The summed E-state index contributed by atoms with van der Waals surface area (Å²) in [6.45, 7) is 6.37. The van der Waals surface area contributed by atoms with Gasteiger partial charge < -0.3 is 25.6 Å². The highest BCUT2D eigenvalue weighted by atomic mass is 19.1. The number of ether oxygens (including phenoxy) is 1. The smallest absolute Gasteiger partial charge is 0.251 e. The van der Waals surface area contributed by atoms with E-state index < -0.39 is 5.82 Å². The maximum atomic E-state index is 14.7. The minimum absolute atomic E-state index is 0.0499. The molecule has 1 aromatic heterocycles. The third-order valence-corrected chi connectivity index (χ3v) is 6.26. The highest BCUT2D eigenvalue weighted by Gasteiger charge is 2.21. The number of nitrogens with one attached hydrogen (secondary N) is 3. The van der Waals surface area contributed by atoms with Crippen LogP contribution in [0, 0.1) is 5.82 Å². The molecule has 0 radical (unpaired) electrons. The van der Waals surface area contributed by atoms with Crippen molar-refractivity contribution >= 4 is 23.2 Å². The number of hydrogen-bond donors (Lipinski definition) is 3. The maximum Gasteiger partial charge on any atom is 0.251 e. The Bertz CT molecular complexity index is 1180. The second-order valence-electron chi connectivity index (χ2n) is 9.19. The van der Waals surface area contributed by atoms with Crippen LogP contribution < -0.4 is 25.6 Å². The lowest BCUT2D eigenvalue weighted by Crippen LogP contribution is -2.54. The number of rotatable bonds is 8. The van der Waals surface area contributed by atoms with E-state index in [0.717, 1.165) is 24.3 Å². The van der Waals surface area contributed by atoms with E-state index in [4.69, 9.17) is 4.74 Å². The highest BCUT2D eigenvalue weighted by molar-refractivity contribution is 5.94. The molecule has 0 unspecified atom stereocenters. The molecule has 0 saturated carbocycles. The molecule has 3 N–H and O–H groups in total. The second-order valence-corrected chi connectivity index (χ2v) is 9.19. The molecule has 190 valence electrons. The summed E-state index contributed by atoms with van der Waals surface area (Å²) in [6, 6.07) is 12.1. The van der Waals surface area contributed by atoms with Gasteiger partial charge in [0.25, 0.3) is 5.91 Å². The van der Waals surface area contributed by atoms with Crippen molar-refractivity contribution in [1.82, 2.24) is 20.6 Å². The van der Waals surface area contributed by atoms with Gasteiger partial charge in [-0.25, -0.2) is 14.4 Å². The van der Waals surface area contributed by atoms with E-state index in [1.54, 1.807) is 18.5 Å². The van der Waals surface area contributed by atoms with Gasteiger partial charge in [0.2, 0.25) is 5.95 Å². The van der Waals surface area contributed by atoms with Gasteiger partial charge in [0.05, 0.1) is 7.11 Å². The first-order valence-electron chi connectivity index (χ1n) is 12.1. The molecule has 0 bridgehead atoms. The van der Waals surface area contributed by atoms with Gasteiger partial charge in [-0.2, -0.15) is 0 Å². The van der Waals surface area contributed by atoms with Gasteiger partial charge >= 0.3 is 0 Å². The molecule has 0 aliphatic carbocycles. The SMILES string of the molecule is CNC(=O)c1cc(CCc2cnc(Nc3ccc(N4C[C@@H](C)N[C@@H](C)C4)cc3)nc2)c(F)c(OC)c1. The number of aromatic nitrogens is 2. The molecule has 1 aliphatic heterocycles. The third kappa shape index (κ3) is 6.09. The van der Waals surface area contributed by atoms with Crippen molar-refractivity contribution in [2.45, 2.75) is 38.8 Å². The summed E-state index contributed by atoms with van der Waals surface area (Å²) in [5, 5.41) is 9.33. The molecule has 9 heteroatoms. The summed E-state index contributed by atoms with van der Waals surface area (Å²) in [5.74, 6) is -0.213. The first-order chi connectivity index (χ1) is 17.4. The zero-order valence-electron chi connectivity index (χ0n) is 21.1. The molecule has 8 nitrogen and oxygen atoms in total. The van der Waals surface area contributed by atoms with Crippen LogP contribution in [0.5, 0.6) is 5.75 Å². The number of carbonyl (C=O) groups excluding carboxylic acids is 1. The van der Waals surface area contributed by atoms with Crippen molar-refractivity contribution < 1.29 is 13.9 Å². The highest BCUT2D eigenvalue weighted by Crippen LogP contribution is 2.25. The van der Waals surface area contributed by atoms with Crippen molar-refractivity contribution in [2.24, 2.45) is 0 Å². The number of hydrogen-bond acceptors (Lipinski definition) is 7. The Hall–Kier alpha value is -3.72. The van der Waals surface area contributed by atoms with E-state index in [-0.39, 0.29) is 11.7 Å². The van der Waals surface area contributed by atoms with Crippen LogP contribution in [0.1, 0.15) is 35.3 Å². The molecule has 1 aliphatic rings. The van der Waals surface area contributed by atoms with Crippen LogP contribution in [0.4, 0.5) is 21.7 Å². The van der Waals surface area contributed by atoms with Gasteiger partial charge in [0, 0.05) is 61.6 Å². The number of piperazine rings is 1. The van der Waals surface area contributed by atoms with Crippen LogP contribution in [0.15, 0.2) is 48.8 Å². The largest absolute Gasteiger partial charge is 0.494 e. The second kappa shape index (κ2) is 11.3. The number of halogens is 1. The van der Waals surface area contributed by atoms with E-state index in [0.29, 0.717) is 42.0 Å². The van der Waals surface area contributed by atoms with E-state index >= 15 is 0 Å². The first kappa shape index (κ1) is 25.4. The molecule has 1 saturated heterocycles. The Morgan fingerprint density at radius 2 is 1.78 bits per heavy atom. The van der Waals surface area contributed by atoms with Crippen LogP contribution in [-0.4, -0.2) is 55.2 Å². The number of benzene rings is 2. The number of amides is 1. The first-order valence-corrected chi connectivity index (χ1v) is 12.1. The standard InChI is InChI=1S/C27H33FN6O2/c1-17-15-34(16-18(2)32-17)23-9-7-22(8-10-23)33-27-30-13-19(14-31-27)5-6-20-11-21(26(35)29-3)12-24(36-4)25(20)28/h7-14,17-18,32H,5-6,15-16H2,1-4H3,(H,29,35)(H,30,31,33)/t17-,18+. The van der Waals surface area contributed by atoms with Crippen molar-refractivity contribution in [3.8, 4) is 5.75 Å². The lowest BCUT2D eigenvalue weighted by Gasteiger charge is -2.37. The molecule has 4 rings (SSSR count). The van der Waals surface area contributed by atoms with Crippen LogP contribution >= 0.6 is 0 Å². The average molecular weight is 493 g/mol. The number of anilines is 3. The molecule has 1 amide bonds. The van der Waals surface area contributed by atoms with Crippen molar-refractivity contribution in [1.29, 1.82) is 0 Å². The minimum Gasteiger partial charge on any atom is -0.494 e. The zero-order valence-corrected chi connectivity index (χ0v) is 21.1. The van der Waals surface area contributed by atoms with Crippen LogP contribution in [-0.2, 0) is 12.8 Å². The zero-order chi connectivity index (χ0) is 25.7. The Morgan fingerprint density at radius 1 is 1.11 bits per heavy atom. The Kier molecular flexibility index (Phi) is 8.00. The molecular weight excluding hydrogens is 459 g/mol. The summed E-state index contributed by atoms with van der Waals surface area (Å²) in [5.41, 5.74) is 3.72. The number of carbonyl (C=O) groups is 1. The summed E-state index contributed by atoms with van der Waals surface area (Å²) >= 11 is 0. The van der Waals surface area contributed by atoms with Crippen molar-refractivity contribution in [3.63, 3.8) is 0 Å². The normalized spacial score (nSPS) is 17.5.